The zero-order valence-electron chi connectivity index (χ0n) is 23.2. The summed E-state index contributed by atoms with van der Waals surface area (Å²) in [4.78, 5) is 2.67. The van der Waals surface area contributed by atoms with E-state index in [9.17, 15) is 0 Å². The van der Waals surface area contributed by atoms with E-state index in [0.29, 0.717) is 0 Å². The second kappa shape index (κ2) is 17.0. The van der Waals surface area contributed by atoms with E-state index in [4.69, 9.17) is 11.5 Å². The smallest absolute Gasteiger partial charge is 0.0379 e. The summed E-state index contributed by atoms with van der Waals surface area (Å²) < 4.78 is 0. The predicted octanol–water partition coefficient (Wildman–Crippen LogP) is 9.93. The molecule has 196 valence electrons. The highest BCUT2D eigenvalue weighted by Gasteiger charge is 2.13. The van der Waals surface area contributed by atoms with E-state index in [2.05, 4.69) is 52.0 Å². The van der Waals surface area contributed by atoms with Gasteiger partial charge >= 0.3 is 0 Å². The van der Waals surface area contributed by atoms with E-state index in [1.807, 2.05) is 11.8 Å². The van der Waals surface area contributed by atoms with Gasteiger partial charge in [-0.05, 0) is 97.9 Å². The topological polar surface area (TPSA) is 52.0 Å². The molecule has 2 rings (SSSR count). The van der Waals surface area contributed by atoms with Crippen molar-refractivity contribution in [2.24, 2.45) is 0 Å². The lowest BCUT2D eigenvalue weighted by Crippen LogP contribution is -2.03. The molecule has 2 aromatic carbocycles. The van der Waals surface area contributed by atoms with Gasteiger partial charge in [-0.15, -0.1) is 0 Å². The highest BCUT2D eigenvalue weighted by atomic mass is 32.2. The first kappa shape index (κ1) is 29.6. The van der Waals surface area contributed by atoms with E-state index in [1.165, 1.54) is 109 Å². The van der Waals surface area contributed by atoms with E-state index < -0.39 is 0 Å². The normalized spacial score (nSPS) is 11.3. The molecule has 0 fully saturated rings. The summed E-state index contributed by atoms with van der Waals surface area (Å²) in [5.41, 5.74) is 20.8. The Kier molecular flexibility index (Phi) is 14.3. The maximum Gasteiger partial charge on any atom is 0.0379 e. The average molecular weight is 497 g/mol. The Labute approximate surface area is 221 Å². The lowest BCUT2D eigenvalue weighted by molar-refractivity contribution is 0.708. The van der Waals surface area contributed by atoms with E-state index in [0.717, 1.165) is 37.1 Å². The molecular weight excluding hydrogens is 444 g/mol. The molecule has 0 saturated carbocycles. The van der Waals surface area contributed by atoms with Crippen LogP contribution in [0.3, 0.4) is 0 Å². The summed E-state index contributed by atoms with van der Waals surface area (Å²) in [5, 5.41) is 0. The third-order valence-electron chi connectivity index (χ3n) is 7.08. The number of nitrogens with two attached hydrogens (primary N) is 2. The summed E-state index contributed by atoms with van der Waals surface area (Å²) in [7, 11) is 0. The van der Waals surface area contributed by atoms with E-state index in [1.54, 1.807) is 0 Å². The fourth-order valence-corrected chi connectivity index (χ4v) is 5.91. The summed E-state index contributed by atoms with van der Waals surface area (Å²) >= 11 is 1.91. The molecule has 0 saturated heterocycles. The van der Waals surface area contributed by atoms with Gasteiger partial charge in [-0.2, -0.15) is 0 Å². The molecule has 4 N–H and O–H groups in total. The van der Waals surface area contributed by atoms with Gasteiger partial charge in [0.15, 0.2) is 0 Å². The third kappa shape index (κ3) is 10.1. The van der Waals surface area contributed by atoms with Crippen molar-refractivity contribution in [1.29, 1.82) is 0 Å². The molecular formula is C32H52N2S. The Hall–Kier alpha value is -1.61. The fraction of sp³-hybridized carbons (Fsp3) is 0.625. The lowest BCUT2D eigenvalue weighted by atomic mass is 9.98. The molecule has 0 amide bonds. The Bertz CT molecular complexity index is 740. The van der Waals surface area contributed by atoms with Crippen LogP contribution in [-0.4, -0.2) is 0 Å². The Morgan fingerprint density at radius 2 is 0.714 bits per heavy atom. The number of anilines is 2. The first-order valence-corrected chi connectivity index (χ1v) is 15.4. The van der Waals surface area contributed by atoms with Crippen molar-refractivity contribution in [3.05, 3.63) is 46.5 Å². The van der Waals surface area contributed by atoms with Crippen molar-refractivity contribution in [3.63, 3.8) is 0 Å². The Morgan fingerprint density at radius 1 is 0.457 bits per heavy atom. The van der Waals surface area contributed by atoms with Crippen LogP contribution in [0.2, 0.25) is 0 Å². The van der Waals surface area contributed by atoms with Gasteiger partial charge in [-0.1, -0.05) is 90.8 Å². The second-order valence-electron chi connectivity index (χ2n) is 10.2. The quantitative estimate of drug-likeness (QED) is 0.159. The molecule has 0 aliphatic carbocycles. The maximum atomic E-state index is 6.69. The molecule has 0 atom stereocenters. The van der Waals surface area contributed by atoms with Gasteiger partial charge in [-0.3, -0.25) is 0 Å². The van der Waals surface area contributed by atoms with Crippen molar-refractivity contribution in [3.8, 4) is 0 Å². The van der Waals surface area contributed by atoms with Gasteiger partial charge in [0, 0.05) is 21.2 Å². The van der Waals surface area contributed by atoms with Crippen LogP contribution in [0.25, 0.3) is 0 Å². The van der Waals surface area contributed by atoms with Crippen LogP contribution >= 0.6 is 11.8 Å². The monoisotopic (exact) mass is 496 g/mol. The highest BCUT2D eigenvalue weighted by molar-refractivity contribution is 7.99. The van der Waals surface area contributed by atoms with Crippen molar-refractivity contribution in [2.45, 2.75) is 140 Å². The van der Waals surface area contributed by atoms with Crippen LogP contribution in [0.4, 0.5) is 11.4 Å². The molecule has 0 aliphatic heterocycles. The van der Waals surface area contributed by atoms with Crippen LogP contribution in [0.5, 0.6) is 0 Å². The summed E-state index contributed by atoms with van der Waals surface area (Å²) in [6.07, 6.45) is 19.2. The van der Waals surface area contributed by atoms with Crippen LogP contribution in [0.15, 0.2) is 34.1 Å². The molecule has 0 spiro atoms. The molecule has 35 heavy (non-hydrogen) atoms. The zero-order chi connectivity index (χ0) is 25.5. The molecule has 3 heteroatoms. The van der Waals surface area contributed by atoms with Gasteiger partial charge < -0.3 is 11.5 Å². The van der Waals surface area contributed by atoms with Crippen molar-refractivity contribution in [1.82, 2.24) is 0 Å². The highest BCUT2D eigenvalue weighted by Crippen LogP contribution is 2.36. The number of aryl methyl sites for hydroxylation is 4. The van der Waals surface area contributed by atoms with Crippen molar-refractivity contribution in [2.75, 3.05) is 11.5 Å². The Morgan fingerprint density at radius 3 is 0.943 bits per heavy atom. The van der Waals surface area contributed by atoms with Gasteiger partial charge in [0.05, 0.1) is 0 Å². The summed E-state index contributed by atoms with van der Waals surface area (Å²) in [6, 6.07) is 9.46. The summed E-state index contributed by atoms with van der Waals surface area (Å²) in [5.74, 6) is 0. The number of benzene rings is 2. The average Bonchev–Trinajstić information content (AvgIpc) is 2.84. The van der Waals surface area contributed by atoms with Gasteiger partial charge in [0.2, 0.25) is 0 Å². The van der Waals surface area contributed by atoms with Crippen LogP contribution in [0.1, 0.15) is 127 Å². The van der Waals surface area contributed by atoms with Gasteiger partial charge in [0.1, 0.15) is 0 Å². The van der Waals surface area contributed by atoms with Crippen LogP contribution < -0.4 is 11.5 Å². The molecule has 0 radical (unpaired) electrons. The van der Waals surface area contributed by atoms with Gasteiger partial charge in [-0.25, -0.2) is 0 Å². The number of unbranched alkanes of at least 4 members (excludes halogenated alkanes) is 8. The minimum absolute atomic E-state index is 1.04. The Balaban J connectivity index is 2.36. The van der Waals surface area contributed by atoms with Crippen LogP contribution in [0, 0.1) is 0 Å². The van der Waals surface area contributed by atoms with Crippen LogP contribution in [-0.2, 0) is 25.7 Å². The van der Waals surface area contributed by atoms with Gasteiger partial charge in [0.25, 0.3) is 0 Å². The molecule has 0 bridgehead atoms. The largest absolute Gasteiger partial charge is 0.398 e. The second-order valence-corrected chi connectivity index (χ2v) is 11.4. The molecule has 0 aromatic heterocycles. The minimum atomic E-state index is 1.04. The number of hydrogen-bond acceptors (Lipinski definition) is 3. The van der Waals surface area contributed by atoms with E-state index in [-0.39, 0.29) is 0 Å². The SMILES string of the molecule is CCCCCc1cc(Sc2cc(CCCCC)c(N)c(CCCCC)c2)cc(CCCCC)c1N. The molecule has 0 unspecified atom stereocenters. The number of hydrogen-bond donors (Lipinski definition) is 2. The standard InChI is InChI=1S/C32H52N2S/c1-5-9-13-17-25-21-29(22-26(31(25)33)18-14-10-6-2)35-30-23-27(19-15-11-7-3)32(34)28(24-30)20-16-12-8-4/h21-24H,5-20,33-34H2,1-4H3. The zero-order valence-corrected chi connectivity index (χ0v) is 24.0. The van der Waals surface area contributed by atoms with E-state index >= 15 is 0 Å². The molecule has 0 aliphatic rings. The third-order valence-corrected chi connectivity index (χ3v) is 8.03. The lowest BCUT2D eigenvalue weighted by Gasteiger charge is -2.17. The molecule has 2 aromatic rings. The number of rotatable bonds is 18. The minimum Gasteiger partial charge on any atom is -0.398 e. The molecule has 0 heterocycles. The summed E-state index contributed by atoms with van der Waals surface area (Å²) in [6.45, 7) is 9.07. The van der Waals surface area contributed by atoms with Crippen molar-refractivity contribution < 1.29 is 0 Å². The fourth-order valence-electron chi connectivity index (χ4n) is 4.84. The van der Waals surface area contributed by atoms with Crippen molar-refractivity contribution >= 4 is 23.1 Å². The number of nitrogen functional groups attached to an aromatic ring is 2. The first-order chi connectivity index (χ1) is 17.0. The maximum absolute atomic E-state index is 6.69. The molecule has 2 nitrogen and oxygen atoms in total. The predicted molar refractivity (Wildman–Crippen MR) is 159 cm³/mol. The first-order valence-electron chi connectivity index (χ1n) is 14.5.